The van der Waals surface area contributed by atoms with Gasteiger partial charge in [0.2, 0.25) is 0 Å². The predicted molar refractivity (Wildman–Crippen MR) is 92.6 cm³/mol. The molecular weight excluding hydrogens is 304 g/mol. The molecule has 24 heavy (non-hydrogen) atoms. The zero-order chi connectivity index (χ0) is 17.4. The first-order chi connectivity index (χ1) is 11.5. The van der Waals surface area contributed by atoms with Crippen molar-refractivity contribution in [3.63, 3.8) is 0 Å². The minimum Gasteiger partial charge on any atom is -0.242 e. The number of hydrogen-bond donors (Lipinski definition) is 0. The normalized spacial score (nSPS) is 10.9. The first-order valence-corrected chi connectivity index (χ1v) is 7.45. The van der Waals surface area contributed by atoms with E-state index in [1.54, 1.807) is 12.2 Å². The van der Waals surface area contributed by atoms with Crippen LogP contribution in [0.3, 0.4) is 0 Å². The maximum absolute atomic E-state index is 11.5. The Morgan fingerprint density at radius 3 is 1.33 bits per heavy atom. The van der Waals surface area contributed by atoms with Gasteiger partial charge in [-0.3, -0.25) is 0 Å². The van der Waals surface area contributed by atoms with Crippen LogP contribution in [0.5, 0.6) is 0 Å². The molecule has 2 aromatic carbocycles. The minimum atomic E-state index is -0.757. The van der Waals surface area contributed by atoms with E-state index in [2.05, 4.69) is 9.78 Å². The molecule has 0 amide bonds. The molecule has 0 aromatic heterocycles. The van der Waals surface area contributed by atoms with Crippen LogP contribution in [-0.4, -0.2) is 11.9 Å². The van der Waals surface area contributed by atoms with Crippen LogP contribution in [0.4, 0.5) is 0 Å². The van der Waals surface area contributed by atoms with E-state index in [0.717, 1.165) is 22.3 Å². The SMILES string of the molecule is Cc1ccc(C=CC(=O)OOC(=O)C=Cc2ccc(C)cc2)cc1. The van der Waals surface area contributed by atoms with Gasteiger partial charge in [0.15, 0.2) is 0 Å². The van der Waals surface area contributed by atoms with Crippen molar-refractivity contribution in [3.05, 3.63) is 82.9 Å². The van der Waals surface area contributed by atoms with Crippen LogP contribution in [-0.2, 0) is 19.4 Å². The van der Waals surface area contributed by atoms with E-state index >= 15 is 0 Å². The van der Waals surface area contributed by atoms with Gasteiger partial charge in [-0.15, -0.1) is 0 Å². The van der Waals surface area contributed by atoms with E-state index in [0.29, 0.717) is 0 Å². The van der Waals surface area contributed by atoms with E-state index in [-0.39, 0.29) is 0 Å². The molecule has 0 spiro atoms. The summed E-state index contributed by atoms with van der Waals surface area (Å²) in [6, 6.07) is 15.2. The van der Waals surface area contributed by atoms with E-state index in [1.807, 2.05) is 62.4 Å². The Bertz CT molecular complexity index is 686. The molecule has 4 heteroatoms. The summed E-state index contributed by atoms with van der Waals surface area (Å²) < 4.78 is 0. The van der Waals surface area contributed by atoms with Gasteiger partial charge in [-0.05, 0) is 37.1 Å². The molecule has 0 aliphatic heterocycles. The molecule has 0 atom stereocenters. The average molecular weight is 322 g/mol. The summed E-state index contributed by atoms with van der Waals surface area (Å²) in [5.41, 5.74) is 3.96. The predicted octanol–water partition coefficient (Wildman–Crippen LogP) is 4.03. The first-order valence-electron chi connectivity index (χ1n) is 7.45. The molecule has 0 unspecified atom stereocenters. The van der Waals surface area contributed by atoms with Gasteiger partial charge in [0, 0.05) is 12.2 Å². The number of carbonyl (C=O) groups excluding carboxylic acids is 2. The van der Waals surface area contributed by atoms with Crippen LogP contribution in [0.25, 0.3) is 12.2 Å². The zero-order valence-corrected chi connectivity index (χ0v) is 13.6. The maximum atomic E-state index is 11.5. The molecular formula is C20H18O4. The molecule has 0 saturated heterocycles. The molecule has 0 heterocycles. The first kappa shape index (κ1) is 17.2. The summed E-state index contributed by atoms with van der Waals surface area (Å²) in [6.45, 7) is 3.96. The Labute approximate surface area is 141 Å². The van der Waals surface area contributed by atoms with Crippen molar-refractivity contribution in [2.75, 3.05) is 0 Å². The molecule has 0 saturated carbocycles. The third-order valence-electron chi connectivity index (χ3n) is 3.18. The smallest absolute Gasteiger partial charge is 0.242 e. The van der Waals surface area contributed by atoms with Crippen molar-refractivity contribution in [2.45, 2.75) is 13.8 Å². The van der Waals surface area contributed by atoms with Gasteiger partial charge >= 0.3 is 11.9 Å². The fraction of sp³-hybridized carbons (Fsp3) is 0.100. The Morgan fingerprint density at radius 2 is 1.00 bits per heavy atom. The van der Waals surface area contributed by atoms with Gasteiger partial charge < -0.3 is 0 Å². The second-order valence-electron chi connectivity index (χ2n) is 5.29. The number of hydrogen-bond acceptors (Lipinski definition) is 4. The van der Waals surface area contributed by atoms with Gasteiger partial charge in [-0.2, -0.15) is 0 Å². The van der Waals surface area contributed by atoms with Gasteiger partial charge in [0.05, 0.1) is 0 Å². The average Bonchev–Trinajstić information content (AvgIpc) is 2.59. The quantitative estimate of drug-likeness (QED) is 0.484. The highest BCUT2D eigenvalue weighted by Crippen LogP contribution is 2.06. The van der Waals surface area contributed by atoms with Gasteiger partial charge in [-0.25, -0.2) is 19.4 Å². The molecule has 0 fully saturated rings. The molecule has 4 nitrogen and oxygen atoms in total. The Morgan fingerprint density at radius 1 is 0.667 bits per heavy atom. The second kappa shape index (κ2) is 8.48. The highest BCUT2D eigenvalue weighted by molar-refractivity contribution is 5.89. The molecule has 0 bridgehead atoms. The van der Waals surface area contributed by atoms with Crippen molar-refractivity contribution in [1.82, 2.24) is 0 Å². The Kier molecular flexibility index (Phi) is 6.08. The van der Waals surface area contributed by atoms with Crippen molar-refractivity contribution in [2.24, 2.45) is 0 Å². The number of carbonyl (C=O) groups is 2. The summed E-state index contributed by atoms with van der Waals surface area (Å²) in [5, 5.41) is 0. The summed E-state index contributed by atoms with van der Waals surface area (Å²) in [7, 11) is 0. The van der Waals surface area contributed by atoms with Crippen molar-refractivity contribution in [3.8, 4) is 0 Å². The zero-order valence-electron chi connectivity index (χ0n) is 13.6. The molecule has 122 valence electrons. The third-order valence-corrected chi connectivity index (χ3v) is 3.18. The van der Waals surface area contributed by atoms with Crippen LogP contribution >= 0.6 is 0 Å². The Hall–Kier alpha value is -3.14. The lowest BCUT2D eigenvalue weighted by Gasteiger charge is -1.98. The fourth-order valence-electron chi connectivity index (χ4n) is 1.82. The van der Waals surface area contributed by atoms with Crippen LogP contribution in [0.1, 0.15) is 22.3 Å². The Balaban J connectivity index is 1.79. The standard InChI is InChI=1S/C20H18O4/c1-15-3-7-17(8-4-15)11-13-19(21)23-24-20(22)14-12-18-9-5-16(2)6-10-18/h3-14H,1-2H3. The lowest BCUT2D eigenvalue weighted by Crippen LogP contribution is -2.06. The summed E-state index contributed by atoms with van der Waals surface area (Å²) >= 11 is 0. The molecule has 0 aliphatic carbocycles. The number of rotatable bonds is 4. The van der Waals surface area contributed by atoms with E-state index in [1.165, 1.54) is 12.2 Å². The molecule has 0 radical (unpaired) electrons. The van der Waals surface area contributed by atoms with E-state index in [9.17, 15) is 9.59 Å². The summed E-state index contributed by atoms with van der Waals surface area (Å²) in [6.07, 6.45) is 5.55. The molecule has 2 aromatic rings. The van der Waals surface area contributed by atoms with Crippen LogP contribution in [0.15, 0.2) is 60.7 Å². The van der Waals surface area contributed by atoms with Crippen molar-refractivity contribution >= 4 is 24.1 Å². The fourth-order valence-corrected chi connectivity index (χ4v) is 1.82. The lowest BCUT2D eigenvalue weighted by atomic mass is 10.1. The summed E-state index contributed by atoms with van der Waals surface area (Å²) in [5.74, 6) is -1.51. The topological polar surface area (TPSA) is 52.6 Å². The number of aryl methyl sites for hydroxylation is 2. The van der Waals surface area contributed by atoms with E-state index < -0.39 is 11.9 Å². The van der Waals surface area contributed by atoms with Gasteiger partial charge in [0.1, 0.15) is 0 Å². The van der Waals surface area contributed by atoms with E-state index in [4.69, 9.17) is 0 Å². The highest BCUT2D eigenvalue weighted by atomic mass is 17.2. The minimum absolute atomic E-state index is 0.757. The largest absolute Gasteiger partial charge is 0.379 e. The third kappa shape index (κ3) is 5.93. The van der Waals surface area contributed by atoms with Gasteiger partial charge in [0.25, 0.3) is 0 Å². The molecule has 0 aliphatic rings. The maximum Gasteiger partial charge on any atom is 0.379 e. The number of benzene rings is 2. The second-order valence-corrected chi connectivity index (χ2v) is 5.29. The molecule has 0 N–H and O–H groups in total. The van der Waals surface area contributed by atoms with Crippen LogP contribution < -0.4 is 0 Å². The monoisotopic (exact) mass is 322 g/mol. The van der Waals surface area contributed by atoms with Crippen LogP contribution in [0, 0.1) is 13.8 Å². The molecule has 2 rings (SSSR count). The lowest BCUT2D eigenvalue weighted by molar-refractivity contribution is -0.250. The summed E-state index contributed by atoms with van der Waals surface area (Å²) in [4.78, 5) is 31.8. The van der Waals surface area contributed by atoms with Crippen LogP contribution in [0.2, 0.25) is 0 Å². The van der Waals surface area contributed by atoms with Crippen molar-refractivity contribution in [1.29, 1.82) is 0 Å². The van der Waals surface area contributed by atoms with Gasteiger partial charge in [-0.1, -0.05) is 59.7 Å². The van der Waals surface area contributed by atoms with Crippen molar-refractivity contribution < 1.29 is 19.4 Å². The highest BCUT2D eigenvalue weighted by Gasteiger charge is 2.03.